The van der Waals surface area contributed by atoms with Crippen LogP contribution >= 0.6 is 23.7 Å². The topological polar surface area (TPSA) is 105 Å². The predicted octanol–water partition coefficient (Wildman–Crippen LogP) is 1.11. The van der Waals surface area contributed by atoms with E-state index in [-0.39, 0.29) is 28.0 Å². The Morgan fingerprint density at radius 2 is 1.95 bits per heavy atom. The SMILES string of the molecule is Cc1[nH]c(=O)sc1S(=O)(=O)NCC1(N)CCCCC1.Cl. The molecule has 0 atom stereocenters. The van der Waals surface area contributed by atoms with Crippen LogP contribution in [-0.4, -0.2) is 25.5 Å². The number of rotatable bonds is 4. The molecule has 1 aliphatic carbocycles. The maximum absolute atomic E-state index is 12.1. The lowest BCUT2D eigenvalue weighted by Crippen LogP contribution is -2.51. The fourth-order valence-electron chi connectivity index (χ4n) is 2.38. The van der Waals surface area contributed by atoms with E-state index in [1.165, 1.54) is 0 Å². The molecular formula is C11H20ClN3O3S2. The summed E-state index contributed by atoms with van der Waals surface area (Å²) in [5.41, 5.74) is 6.11. The molecule has 0 spiro atoms. The van der Waals surface area contributed by atoms with Crippen molar-refractivity contribution in [2.45, 2.75) is 48.8 Å². The second kappa shape index (κ2) is 6.57. The standard InChI is InChI=1S/C11H19N3O3S2.ClH/c1-8-9(18-10(15)14-8)19(16,17)13-7-11(12)5-3-2-4-6-11;/h13H,2-7,12H2,1H3,(H,14,15);1H. The van der Waals surface area contributed by atoms with Gasteiger partial charge in [0.2, 0.25) is 0 Å². The van der Waals surface area contributed by atoms with E-state index < -0.39 is 15.6 Å². The number of aromatic nitrogens is 1. The predicted molar refractivity (Wildman–Crippen MR) is 82.1 cm³/mol. The monoisotopic (exact) mass is 341 g/mol. The fraction of sp³-hybridized carbons (Fsp3) is 0.727. The summed E-state index contributed by atoms with van der Waals surface area (Å²) in [6, 6.07) is 0. The molecule has 6 nitrogen and oxygen atoms in total. The smallest absolute Gasteiger partial charge is 0.305 e. The van der Waals surface area contributed by atoms with Crippen molar-refractivity contribution < 1.29 is 8.42 Å². The van der Waals surface area contributed by atoms with Crippen LogP contribution in [0.2, 0.25) is 0 Å². The Morgan fingerprint density at radius 1 is 1.35 bits per heavy atom. The first kappa shape index (κ1) is 17.6. The molecule has 4 N–H and O–H groups in total. The highest BCUT2D eigenvalue weighted by atomic mass is 35.5. The lowest BCUT2D eigenvalue weighted by atomic mass is 9.83. The second-order valence-electron chi connectivity index (χ2n) is 5.17. The number of aryl methyl sites for hydroxylation is 1. The Labute approximate surface area is 128 Å². The third kappa shape index (κ3) is 4.05. The van der Waals surface area contributed by atoms with Gasteiger partial charge in [-0.05, 0) is 19.8 Å². The minimum absolute atomic E-state index is 0. The molecule has 1 aromatic heterocycles. The van der Waals surface area contributed by atoms with Gasteiger partial charge in [0.15, 0.2) is 4.21 Å². The van der Waals surface area contributed by atoms with E-state index >= 15 is 0 Å². The van der Waals surface area contributed by atoms with E-state index in [0.717, 1.165) is 32.1 Å². The van der Waals surface area contributed by atoms with Crippen LogP contribution in [0.15, 0.2) is 9.00 Å². The quantitative estimate of drug-likeness (QED) is 0.762. The number of aromatic amines is 1. The number of nitrogens with one attached hydrogen (secondary N) is 2. The first-order valence-electron chi connectivity index (χ1n) is 6.31. The number of H-pyrrole nitrogens is 1. The molecule has 0 radical (unpaired) electrons. The van der Waals surface area contributed by atoms with Gasteiger partial charge in [-0.1, -0.05) is 30.6 Å². The average Bonchev–Trinajstić information content (AvgIpc) is 2.68. The lowest BCUT2D eigenvalue weighted by molar-refractivity contribution is 0.296. The minimum Gasteiger partial charge on any atom is -0.324 e. The summed E-state index contributed by atoms with van der Waals surface area (Å²) in [6.45, 7) is 1.80. The Balaban J connectivity index is 0.00000200. The summed E-state index contributed by atoms with van der Waals surface area (Å²) in [5, 5.41) is 0. The maximum atomic E-state index is 12.1. The van der Waals surface area contributed by atoms with Crippen LogP contribution < -0.4 is 15.3 Å². The number of hydrogen-bond donors (Lipinski definition) is 3. The fourth-order valence-corrected chi connectivity index (χ4v) is 4.87. The number of halogens is 1. The second-order valence-corrected chi connectivity index (χ2v) is 8.12. The van der Waals surface area contributed by atoms with E-state index in [9.17, 15) is 13.2 Å². The van der Waals surface area contributed by atoms with Crippen molar-refractivity contribution in [1.29, 1.82) is 0 Å². The first-order valence-corrected chi connectivity index (χ1v) is 8.61. The van der Waals surface area contributed by atoms with E-state index in [2.05, 4.69) is 9.71 Å². The first-order chi connectivity index (χ1) is 8.82. The lowest BCUT2D eigenvalue weighted by Gasteiger charge is -2.33. The molecule has 1 fully saturated rings. The van der Waals surface area contributed by atoms with Crippen LogP contribution in [0.4, 0.5) is 0 Å². The van der Waals surface area contributed by atoms with Crippen molar-refractivity contribution in [2.24, 2.45) is 5.73 Å². The number of nitrogens with two attached hydrogens (primary N) is 1. The zero-order valence-electron chi connectivity index (χ0n) is 11.3. The average molecular weight is 342 g/mol. The number of thiazole rings is 1. The number of sulfonamides is 1. The Bertz CT molecular complexity index is 603. The molecular weight excluding hydrogens is 322 g/mol. The highest BCUT2D eigenvalue weighted by Gasteiger charge is 2.30. The summed E-state index contributed by atoms with van der Waals surface area (Å²) in [4.78, 5) is 13.3. The Hall–Kier alpha value is -0.410. The zero-order chi connectivity index (χ0) is 14.1. The van der Waals surface area contributed by atoms with Crippen molar-refractivity contribution in [3.8, 4) is 0 Å². The largest absolute Gasteiger partial charge is 0.324 e. The Kier molecular flexibility index (Phi) is 5.79. The molecule has 9 heteroatoms. The normalized spacial score (nSPS) is 18.5. The summed E-state index contributed by atoms with van der Waals surface area (Å²) in [5.74, 6) is 0. The van der Waals surface area contributed by atoms with E-state index in [1.54, 1.807) is 6.92 Å². The molecule has 0 saturated heterocycles. The van der Waals surface area contributed by atoms with Gasteiger partial charge in [-0.3, -0.25) is 4.79 Å². The van der Waals surface area contributed by atoms with Gasteiger partial charge in [-0.15, -0.1) is 12.4 Å². The summed E-state index contributed by atoms with van der Waals surface area (Å²) < 4.78 is 26.9. The van der Waals surface area contributed by atoms with Crippen molar-refractivity contribution in [1.82, 2.24) is 9.71 Å². The minimum atomic E-state index is -3.65. The molecule has 116 valence electrons. The molecule has 1 aliphatic rings. The Morgan fingerprint density at radius 3 is 2.45 bits per heavy atom. The van der Waals surface area contributed by atoms with Gasteiger partial charge < -0.3 is 10.7 Å². The van der Waals surface area contributed by atoms with Gasteiger partial charge in [-0.25, -0.2) is 13.1 Å². The highest BCUT2D eigenvalue weighted by molar-refractivity contribution is 7.91. The summed E-state index contributed by atoms with van der Waals surface area (Å²) in [6.07, 6.45) is 4.89. The molecule has 0 unspecified atom stereocenters. The maximum Gasteiger partial charge on any atom is 0.305 e. The third-order valence-corrected chi connectivity index (χ3v) is 6.49. The molecule has 1 heterocycles. The van der Waals surface area contributed by atoms with Gasteiger partial charge in [0.05, 0.1) is 0 Å². The molecule has 1 saturated carbocycles. The van der Waals surface area contributed by atoms with E-state index in [1.807, 2.05) is 0 Å². The van der Waals surface area contributed by atoms with Gasteiger partial charge in [0, 0.05) is 17.8 Å². The van der Waals surface area contributed by atoms with Crippen molar-refractivity contribution in [3.63, 3.8) is 0 Å². The highest BCUT2D eigenvalue weighted by Crippen LogP contribution is 2.26. The van der Waals surface area contributed by atoms with Crippen LogP contribution in [0.25, 0.3) is 0 Å². The zero-order valence-corrected chi connectivity index (χ0v) is 13.7. The van der Waals surface area contributed by atoms with Crippen molar-refractivity contribution >= 4 is 33.8 Å². The molecule has 0 aliphatic heterocycles. The van der Waals surface area contributed by atoms with Gasteiger partial charge in [0.25, 0.3) is 10.0 Å². The van der Waals surface area contributed by atoms with Crippen LogP contribution in [0.3, 0.4) is 0 Å². The summed E-state index contributed by atoms with van der Waals surface area (Å²) in [7, 11) is -3.65. The van der Waals surface area contributed by atoms with Gasteiger partial charge in [0.1, 0.15) is 0 Å². The summed E-state index contributed by atoms with van der Waals surface area (Å²) >= 11 is 0.704. The van der Waals surface area contributed by atoms with Gasteiger partial charge >= 0.3 is 4.87 Å². The molecule has 0 amide bonds. The van der Waals surface area contributed by atoms with Gasteiger partial charge in [-0.2, -0.15) is 0 Å². The van der Waals surface area contributed by atoms with Crippen LogP contribution in [-0.2, 0) is 10.0 Å². The molecule has 1 aromatic rings. The molecule has 2 rings (SSSR count). The third-order valence-electron chi connectivity index (χ3n) is 3.49. The van der Waals surface area contributed by atoms with E-state index in [0.29, 0.717) is 17.0 Å². The molecule has 0 aromatic carbocycles. The number of hydrogen-bond acceptors (Lipinski definition) is 5. The molecule has 0 bridgehead atoms. The molecule has 20 heavy (non-hydrogen) atoms. The van der Waals surface area contributed by atoms with Crippen molar-refractivity contribution in [3.05, 3.63) is 15.4 Å². The van der Waals surface area contributed by atoms with E-state index in [4.69, 9.17) is 5.73 Å². The van der Waals surface area contributed by atoms with Crippen LogP contribution in [0.5, 0.6) is 0 Å². The van der Waals surface area contributed by atoms with Crippen LogP contribution in [0, 0.1) is 6.92 Å². The van der Waals surface area contributed by atoms with Crippen molar-refractivity contribution in [2.75, 3.05) is 6.54 Å². The van der Waals surface area contributed by atoms with Crippen LogP contribution in [0.1, 0.15) is 37.8 Å².